The standard InChI is InChI=1S/C19H16N2O4/c22-21(23)18-17(16-12-7-13-24-16)20(15-10-5-2-6-11-15)25-19(18)14-8-3-1-4-9-14/h1-13,17-19H/t17-,18+,19-/m0/s1. The molecule has 6 heteroatoms. The summed E-state index contributed by atoms with van der Waals surface area (Å²) in [5, 5.41) is 13.5. The van der Waals surface area contributed by atoms with Crippen LogP contribution in [0.3, 0.4) is 0 Å². The molecule has 1 aliphatic heterocycles. The smallest absolute Gasteiger partial charge is 0.275 e. The molecule has 1 aliphatic rings. The molecule has 2 aromatic carbocycles. The highest BCUT2D eigenvalue weighted by Crippen LogP contribution is 2.45. The van der Waals surface area contributed by atoms with Crippen LogP contribution in [0, 0.1) is 10.1 Å². The molecule has 0 saturated carbocycles. The first-order valence-corrected chi connectivity index (χ1v) is 7.98. The molecule has 4 rings (SSSR count). The average molecular weight is 336 g/mol. The predicted molar refractivity (Wildman–Crippen MR) is 91.4 cm³/mol. The van der Waals surface area contributed by atoms with E-state index in [9.17, 15) is 10.1 Å². The topological polar surface area (TPSA) is 68.8 Å². The Kier molecular flexibility index (Phi) is 3.95. The first-order valence-electron chi connectivity index (χ1n) is 7.98. The highest BCUT2D eigenvalue weighted by Gasteiger charge is 2.54. The number of para-hydroxylation sites is 1. The molecular weight excluding hydrogens is 320 g/mol. The van der Waals surface area contributed by atoms with E-state index in [-0.39, 0.29) is 4.92 Å². The SMILES string of the molecule is O=[N+]([O-])[C@H]1[C@H](c2ccccc2)ON(c2ccccc2)[C@H]1c1ccco1. The molecule has 2 heterocycles. The zero-order valence-corrected chi connectivity index (χ0v) is 13.3. The summed E-state index contributed by atoms with van der Waals surface area (Å²) in [5.74, 6) is 0.504. The van der Waals surface area contributed by atoms with E-state index in [1.807, 2.05) is 60.7 Å². The van der Waals surface area contributed by atoms with Gasteiger partial charge in [0.25, 0.3) is 6.04 Å². The van der Waals surface area contributed by atoms with E-state index < -0.39 is 18.2 Å². The molecule has 1 saturated heterocycles. The maximum atomic E-state index is 11.9. The third-order valence-corrected chi connectivity index (χ3v) is 4.33. The van der Waals surface area contributed by atoms with Gasteiger partial charge in [-0.25, -0.2) is 5.06 Å². The van der Waals surface area contributed by atoms with Crippen molar-refractivity contribution in [2.24, 2.45) is 0 Å². The Hall–Kier alpha value is -3.12. The highest BCUT2D eigenvalue weighted by molar-refractivity contribution is 5.47. The lowest BCUT2D eigenvalue weighted by molar-refractivity contribution is -0.531. The van der Waals surface area contributed by atoms with Gasteiger partial charge in [0, 0.05) is 4.92 Å². The monoisotopic (exact) mass is 336 g/mol. The molecule has 1 fully saturated rings. The molecule has 1 aromatic heterocycles. The zero-order chi connectivity index (χ0) is 17.2. The van der Waals surface area contributed by atoms with Gasteiger partial charge in [0.2, 0.25) is 0 Å². The fourth-order valence-electron chi connectivity index (χ4n) is 3.22. The van der Waals surface area contributed by atoms with Crippen molar-refractivity contribution in [1.29, 1.82) is 0 Å². The number of benzene rings is 2. The average Bonchev–Trinajstić information content (AvgIpc) is 3.30. The number of rotatable bonds is 4. The van der Waals surface area contributed by atoms with Crippen LogP contribution >= 0.6 is 0 Å². The minimum atomic E-state index is -0.992. The van der Waals surface area contributed by atoms with E-state index in [0.717, 1.165) is 11.3 Å². The first kappa shape index (κ1) is 15.4. The van der Waals surface area contributed by atoms with E-state index in [4.69, 9.17) is 9.25 Å². The number of hydroxylamine groups is 1. The number of nitro groups is 1. The zero-order valence-electron chi connectivity index (χ0n) is 13.3. The Bertz CT molecular complexity index is 836. The fourth-order valence-corrected chi connectivity index (χ4v) is 3.22. The van der Waals surface area contributed by atoms with Gasteiger partial charge in [-0.2, -0.15) is 0 Å². The lowest BCUT2D eigenvalue weighted by atomic mass is 9.96. The number of hydrogen-bond donors (Lipinski definition) is 0. The van der Waals surface area contributed by atoms with Crippen LogP contribution < -0.4 is 5.06 Å². The van der Waals surface area contributed by atoms with Crippen LogP contribution in [-0.2, 0) is 4.84 Å². The molecule has 3 aromatic rings. The van der Waals surface area contributed by atoms with Gasteiger partial charge in [0.15, 0.2) is 12.1 Å². The van der Waals surface area contributed by atoms with Crippen molar-refractivity contribution < 1.29 is 14.2 Å². The molecule has 0 spiro atoms. The van der Waals surface area contributed by atoms with Crippen molar-refractivity contribution in [3.63, 3.8) is 0 Å². The van der Waals surface area contributed by atoms with E-state index >= 15 is 0 Å². The van der Waals surface area contributed by atoms with Crippen LogP contribution in [0.5, 0.6) is 0 Å². The summed E-state index contributed by atoms with van der Waals surface area (Å²) in [4.78, 5) is 17.7. The van der Waals surface area contributed by atoms with Gasteiger partial charge in [0.1, 0.15) is 5.76 Å². The Labute approximate surface area is 144 Å². The van der Waals surface area contributed by atoms with Crippen molar-refractivity contribution in [3.8, 4) is 0 Å². The molecule has 0 N–H and O–H groups in total. The van der Waals surface area contributed by atoms with Gasteiger partial charge in [-0.15, -0.1) is 0 Å². The van der Waals surface area contributed by atoms with E-state index in [1.54, 1.807) is 17.2 Å². The molecule has 0 amide bonds. The molecule has 3 atom stereocenters. The summed E-state index contributed by atoms with van der Waals surface area (Å²) >= 11 is 0. The van der Waals surface area contributed by atoms with E-state index in [2.05, 4.69) is 0 Å². The normalized spacial score (nSPS) is 22.9. The molecule has 0 aliphatic carbocycles. The fraction of sp³-hybridized carbons (Fsp3) is 0.158. The highest BCUT2D eigenvalue weighted by atomic mass is 16.7. The van der Waals surface area contributed by atoms with Crippen molar-refractivity contribution >= 4 is 5.69 Å². The lowest BCUT2D eigenvalue weighted by Gasteiger charge is -2.22. The molecule has 126 valence electrons. The Balaban J connectivity index is 1.82. The third kappa shape index (κ3) is 2.77. The van der Waals surface area contributed by atoms with Gasteiger partial charge in [-0.1, -0.05) is 48.5 Å². The summed E-state index contributed by atoms with van der Waals surface area (Å²) in [6.45, 7) is 0. The molecule has 0 radical (unpaired) electrons. The van der Waals surface area contributed by atoms with Gasteiger partial charge >= 0.3 is 0 Å². The minimum Gasteiger partial charge on any atom is -0.467 e. The second kappa shape index (κ2) is 6.41. The van der Waals surface area contributed by atoms with Crippen molar-refractivity contribution in [1.82, 2.24) is 0 Å². The van der Waals surface area contributed by atoms with E-state index in [0.29, 0.717) is 5.76 Å². The Morgan fingerprint density at radius 2 is 1.60 bits per heavy atom. The van der Waals surface area contributed by atoms with Crippen LogP contribution in [0.15, 0.2) is 83.5 Å². The largest absolute Gasteiger partial charge is 0.467 e. The predicted octanol–water partition coefficient (Wildman–Crippen LogP) is 4.16. The summed E-state index contributed by atoms with van der Waals surface area (Å²) in [6, 6.07) is 20.4. The van der Waals surface area contributed by atoms with Crippen LogP contribution in [-0.4, -0.2) is 11.0 Å². The minimum absolute atomic E-state index is 0.284. The maximum Gasteiger partial charge on any atom is 0.275 e. The second-order valence-electron chi connectivity index (χ2n) is 5.83. The van der Waals surface area contributed by atoms with Gasteiger partial charge in [0.05, 0.1) is 12.0 Å². The van der Waals surface area contributed by atoms with Gasteiger partial charge in [-0.05, 0) is 29.8 Å². The maximum absolute atomic E-state index is 11.9. The van der Waals surface area contributed by atoms with Crippen LogP contribution in [0.2, 0.25) is 0 Å². The third-order valence-electron chi connectivity index (χ3n) is 4.33. The van der Waals surface area contributed by atoms with Crippen LogP contribution in [0.1, 0.15) is 23.5 Å². The molecule has 0 unspecified atom stereocenters. The number of nitrogens with zero attached hydrogens (tertiary/aromatic N) is 2. The Morgan fingerprint density at radius 3 is 2.20 bits per heavy atom. The van der Waals surface area contributed by atoms with Crippen LogP contribution in [0.4, 0.5) is 5.69 Å². The van der Waals surface area contributed by atoms with Crippen LogP contribution in [0.25, 0.3) is 0 Å². The van der Waals surface area contributed by atoms with E-state index in [1.165, 1.54) is 6.26 Å². The Morgan fingerprint density at radius 1 is 0.920 bits per heavy atom. The summed E-state index contributed by atoms with van der Waals surface area (Å²) < 4.78 is 5.51. The quantitative estimate of drug-likeness (QED) is 0.528. The lowest BCUT2D eigenvalue weighted by Crippen LogP contribution is -2.32. The molecule has 25 heavy (non-hydrogen) atoms. The number of furan rings is 1. The van der Waals surface area contributed by atoms with Crippen molar-refractivity contribution in [3.05, 3.63) is 100 Å². The molecule has 6 nitrogen and oxygen atoms in total. The summed E-state index contributed by atoms with van der Waals surface area (Å²) in [6.07, 6.45) is 0.817. The number of hydrogen-bond acceptors (Lipinski definition) is 5. The summed E-state index contributed by atoms with van der Waals surface area (Å²) in [7, 11) is 0. The summed E-state index contributed by atoms with van der Waals surface area (Å²) in [5.41, 5.74) is 1.51. The van der Waals surface area contributed by atoms with Gasteiger partial charge in [-0.3, -0.25) is 15.0 Å². The molecular formula is C19H16N2O4. The molecule has 0 bridgehead atoms. The first-order chi connectivity index (χ1) is 12.3. The van der Waals surface area contributed by atoms with Crippen molar-refractivity contribution in [2.75, 3.05) is 5.06 Å². The van der Waals surface area contributed by atoms with Gasteiger partial charge < -0.3 is 4.42 Å². The van der Waals surface area contributed by atoms with Crippen molar-refractivity contribution in [2.45, 2.75) is 18.2 Å². The number of anilines is 1. The second-order valence-corrected chi connectivity index (χ2v) is 5.83.